The minimum atomic E-state index is -0.948. The van der Waals surface area contributed by atoms with E-state index in [0.29, 0.717) is 19.8 Å². The fraction of sp³-hybridized carbons (Fsp3) is 0.600. The molecule has 1 unspecified atom stereocenters. The number of amides is 3. The largest absolute Gasteiger partial charge is 0.391 e. The van der Waals surface area contributed by atoms with Crippen LogP contribution in [0.5, 0.6) is 0 Å². The molecule has 1 saturated heterocycles. The second-order valence-electron chi connectivity index (χ2n) is 11.7. The van der Waals surface area contributed by atoms with Crippen LogP contribution < -0.4 is 10.6 Å². The average molecular weight is 646 g/mol. The first-order chi connectivity index (χ1) is 21.5. The molecule has 2 heterocycles. The highest BCUT2D eigenvalue weighted by atomic mass is 32.1. The predicted octanol–water partition coefficient (Wildman–Crippen LogP) is 2.59. The Labute approximate surface area is 267 Å². The highest BCUT2D eigenvalue weighted by molar-refractivity contribution is 7.13. The van der Waals surface area contributed by atoms with Gasteiger partial charge in [-0.2, -0.15) is 0 Å². The van der Waals surface area contributed by atoms with Gasteiger partial charge in [0.25, 0.3) is 0 Å². The standard InChI is InChI=1S/C30H43N7O7S/c1-20-26(45-19-33-20)22-7-5-21(6-8-22)16-32-28(40)24-15-23(38)17-37(24)29(41)27(30(2,3)4)35-25(39)18-44-14-13-43-12-11-42-10-9-34-36-31/h5-8,19,23-24,27,38H,9-18H2,1-4H3,(H,32,40)(H,35,39)/t23-,24+,27?/m1/s1. The normalized spacial score (nSPS) is 17.0. The number of carbonyl (C=O) groups is 3. The molecule has 1 aromatic carbocycles. The molecule has 45 heavy (non-hydrogen) atoms. The first kappa shape index (κ1) is 35.9. The molecule has 0 saturated carbocycles. The number of ether oxygens (including phenoxy) is 3. The number of hydrogen-bond acceptors (Lipinski definition) is 10. The van der Waals surface area contributed by atoms with Gasteiger partial charge in [0.05, 0.1) is 55.2 Å². The molecule has 2 aromatic rings. The van der Waals surface area contributed by atoms with E-state index >= 15 is 0 Å². The Kier molecular flexibility index (Phi) is 14.2. The smallest absolute Gasteiger partial charge is 0.246 e. The van der Waals surface area contributed by atoms with Gasteiger partial charge in [-0.25, -0.2) is 4.98 Å². The second-order valence-corrected chi connectivity index (χ2v) is 12.5. The summed E-state index contributed by atoms with van der Waals surface area (Å²) >= 11 is 1.57. The molecule has 1 aliphatic heterocycles. The summed E-state index contributed by atoms with van der Waals surface area (Å²) in [4.78, 5) is 49.0. The van der Waals surface area contributed by atoms with E-state index in [1.54, 1.807) is 11.3 Å². The fourth-order valence-corrected chi connectivity index (χ4v) is 5.55. The number of likely N-dealkylation sites (tertiary alicyclic amines) is 1. The number of rotatable bonds is 17. The summed E-state index contributed by atoms with van der Waals surface area (Å²) in [6, 6.07) is 6.02. The maximum Gasteiger partial charge on any atom is 0.246 e. The Morgan fingerprint density at radius 2 is 1.80 bits per heavy atom. The van der Waals surface area contributed by atoms with Gasteiger partial charge in [0.1, 0.15) is 18.7 Å². The molecule has 246 valence electrons. The van der Waals surface area contributed by atoms with Crippen molar-refractivity contribution in [2.45, 2.75) is 58.8 Å². The predicted molar refractivity (Wildman–Crippen MR) is 168 cm³/mol. The lowest BCUT2D eigenvalue weighted by Gasteiger charge is -2.35. The summed E-state index contributed by atoms with van der Waals surface area (Å²) in [7, 11) is 0. The van der Waals surface area contributed by atoms with Crippen LogP contribution in [0.25, 0.3) is 20.9 Å². The Hall–Kier alpha value is -3.59. The number of aromatic nitrogens is 1. The van der Waals surface area contributed by atoms with Gasteiger partial charge in [-0.05, 0) is 29.0 Å². The summed E-state index contributed by atoms with van der Waals surface area (Å²) in [5.41, 5.74) is 12.2. The number of hydrogen-bond donors (Lipinski definition) is 3. The van der Waals surface area contributed by atoms with Crippen LogP contribution in [-0.4, -0.2) is 104 Å². The summed E-state index contributed by atoms with van der Waals surface area (Å²) in [6.45, 7) is 9.01. The first-order valence-electron chi connectivity index (χ1n) is 14.8. The Bertz CT molecular complexity index is 1310. The lowest BCUT2D eigenvalue weighted by molar-refractivity contribution is -0.144. The summed E-state index contributed by atoms with van der Waals surface area (Å²) in [5.74, 6) is -1.30. The van der Waals surface area contributed by atoms with Crippen molar-refractivity contribution in [3.8, 4) is 10.4 Å². The maximum absolute atomic E-state index is 13.7. The van der Waals surface area contributed by atoms with Gasteiger partial charge in [0, 0.05) is 31.0 Å². The van der Waals surface area contributed by atoms with E-state index in [0.717, 1.165) is 21.7 Å². The van der Waals surface area contributed by atoms with Crippen molar-refractivity contribution in [1.29, 1.82) is 0 Å². The van der Waals surface area contributed by atoms with Crippen molar-refractivity contribution in [2.75, 3.05) is 52.7 Å². The molecule has 14 nitrogen and oxygen atoms in total. The highest BCUT2D eigenvalue weighted by Crippen LogP contribution is 2.28. The molecule has 3 amide bonds. The van der Waals surface area contributed by atoms with Crippen molar-refractivity contribution >= 4 is 29.1 Å². The van der Waals surface area contributed by atoms with Crippen LogP contribution in [0, 0.1) is 12.3 Å². The monoisotopic (exact) mass is 645 g/mol. The van der Waals surface area contributed by atoms with Gasteiger partial charge in [0.15, 0.2) is 0 Å². The maximum atomic E-state index is 13.7. The van der Waals surface area contributed by atoms with E-state index in [1.807, 2.05) is 57.5 Å². The molecule has 15 heteroatoms. The first-order valence-corrected chi connectivity index (χ1v) is 15.7. The van der Waals surface area contributed by atoms with E-state index in [-0.39, 0.29) is 51.8 Å². The van der Waals surface area contributed by atoms with Gasteiger partial charge in [-0.3, -0.25) is 14.4 Å². The molecular formula is C30H43N7O7S. The molecule has 3 atom stereocenters. The van der Waals surface area contributed by atoms with Gasteiger partial charge in [-0.1, -0.05) is 50.2 Å². The van der Waals surface area contributed by atoms with Crippen LogP contribution >= 0.6 is 11.3 Å². The topological polar surface area (TPSA) is 188 Å². The summed E-state index contributed by atoms with van der Waals surface area (Å²) in [6.07, 6.45) is -0.753. The molecular weight excluding hydrogens is 602 g/mol. The number of azide groups is 1. The fourth-order valence-electron chi connectivity index (χ4n) is 4.74. The van der Waals surface area contributed by atoms with E-state index in [4.69, 9.17) is 19.7 Å². The minimum Gasteiger partial charge on any atom is -0.391 e. The number of nitrogens with zero attached hydrogens (tertiary/aromatic N) is 5. The van der Waals surface area contributed by atoms with Crippen molar-refractivity contribution in [2.24, 2.45) is 10.5 Å². The van der Waals surface area contributed by atoms with E-state index in [2.05, 4.69) is 25.6 Å². The van der Waals surface area contributed by atoms with Gasteiger partial charge in [-0.15, -0.1) is 11.3 Å². The third-order valence-electron chi connectivity index (χ3n) is 7.09. The minimum absolute atomic E-state index is 0.00857. The molecule has 1 fully saturated rings. The van der Waals surface area contributed by atoms with Crippen molar-refractivity contribution in [3.63, 3.8) is 0 Å². The van der Waals surface area contributed by atoms with Crippen molar-refractivity contribution in [1.82, 2.24) is 20.5 Å². The number of benzene rings is 1. The second kappa shape index (κ2) is 17.8. The Morgan fingerprint density at radius 1 is 1.13 bits per heavy atom. The van der Waals surface area contributed by atoms with Crippen molar-refractivity contribution in [3.05, 3.63) is 51.5 Å². The molecule has 0 bridgehead atoms. The van der Waals surface area contributed by atoms with Crippen LogP contribution in [0.3, 0.4) is 0 Å². The zero-order valence-corrected chi connectivity index (χ0v) is 27.0. The molecule has 1 aromatic heterocycles. The number of aliphatic hydroxyl groups excluding tert-OH is 1. The third-order valence-corrected chi connectivity index (χ3v) is 8.07. The van der Waals surface area contributed by atoms with E-state index in [1.165, 1.54) is 4.90 Å². The lowest BCUT2D eigenvalue weighted by atomic mass is 9.85. The van der Waals surface area contributed by atoms with Crippen molar-refractivity contribution < 1.29 is 33.7 Å². The highest BCUT2D eigenvalue weighted by Gasteiger charge is 2.44. The van der Waals surface area contributed by atoms with Crippen LogP contribution in [0.1, 0.15) is 38.4 Å². The molecule has 0 aliphatic carbocycles. The SMILES string of the molecule is Cc1ncsc1-c1ccc(CNC(=O)[C@@H]2C[C@@H](O)CN2C(=O)C(NC(=O)COCCOCCOCCN=[N+]=[N-])C(C)(C)C)cc1. The Morgan fingerprint density at radius 3 is 2.42 bits per heavy atom. The van der Waals surface area contributed by atoms with Crippen LogP contribution in [0.15, 0.2) is 34.9 Å². The number of carbonyl (C=O) groups excluding carboxylic acids is 3. The van der Waals surface area contributed by atoms with Gasteiger partial charge < -0.3 is 34.9 Å². The molecule has 3 N–H and O–H groups in total. The quantitative estimate of drug-likeness (QED) is 0.101. The van der Waals surface area contributed by atoms with Gasteiger partial charge in [0.2, 0.25) is 17.7 Å². The number of thiazole rings is 1. The molecule has 1 aliphatic rings. The number of nitrogens with one attached hydrogen (secondary N) is 2. The molecule has 0 radical (unpaired) electrons. The third kappa shape index (κ3) is 11.4. The Balaban J connectivity index is 1.48. The van der Waals surface area contributed by atoms with Crippen LogP contribution in [0.4, 0.5) is 0 Å². The van der Waals surface area contributed by atoms with Crippen LogP contribution in [0.2, 0.25) is 0 Å². The van der Waals surface area contributed by atoms with E-state index < -0.39 is 35.4 Å². The zero-order chi connectivity index (χ0) is 32.8. The lowest BCUT2D eigenvalue weighted by Crippen LogP contribution is -2.58. The van der Waals surface area contributed by atoms with Crippen LogP contribution in [-0.2, 0) is 35.1 Å². The zero-order valence-electron chi connectivity index (χ0n) is 26.2. The molecule has 0 spiro atoms. The summed E-state index contributed by atoms with van der Waals surface area (Å²) in [5, 5.41) is 19.4. The van der Waals surface area contributed by atoms with E-state index in [9.17, 15) is 19.5 Å². The average Bonchev–Trinajstić information content (AvgIpc) is 3.62. The number of aryl methyl sites for hydroxylation is 1. The summed E-state index contributed by atoms with van der Waals surface area (Å²) < 4.78 is 16.0. The van der Waals surface area contributed by atoms with Gasteiger partial charge >= 0.3 is 0 Å². The molecule has 3 rings (SSSR count). The number of aliphatic hydroxyl groups is 1. The number of β-amino-alcohol motifs (C(OH)–C–C–N with tert-alkyl or cyclic N) is 1.